The van der Waals surface area contributed by atoms with Crippen molar-refractivity contribution in [1.29, 1.82) is 0 Å². The smallest absolute Gasteiger partial charge is 0.119 e. The van der Waals surface area contributed by atoms with Crippen LogP contribution in [0.25, 0.3) is 0 Å². The van der Waals surface area contributed by atoms with Gasteiger partial charge in [0.2, 0.25) is 0 Å². The van der Waals surface area contributed by atoms with Gasteiger partial charge in [0.15, 0.2) is 0 Å². The minimum Gasteiger partial charge on any atom is -0.800 e. The van der Waals surface area contributed by atoms with Crippen LogP contribution in [0.2, 0.25) is 0 Å². The van der Waals surface area contributed by atoms with Gasteiger partial charge in [-0.1, -0.05) is 35.4 Å². The van der Waals surface area contributed by atoms with Gasteiger partial charge < -0.3 is 39.6 Å². The average molecular weight is 558 g/mol. The third-order valence-corrected chi connectivity index (χ3v) is 4.23. The van der Waals surface area contributed by atoms with Gasteiger partial charge in [-0.3, -0.25) is 0 Å². The Hall–Kier alpha value is -0.560. The Bertz CT molecular complexity index is 554. The van der Waals surface area contributed by atoms with Gasteiger partial charge >= 0.3 is 0 Å². The van der Waals surface area contributed by atoms with Crippen LogP contribution >= 0.6 is 0 Å². The first-order valence-corrected chi connectivity index (χ1v) is 8.93. The summed E-state index contributed by atoms with van der Waals surface area (Å²) in [5.41, 5.74) is 2.43. The first-order chi connectivity index (χ1) is 11.5. The van der Waals surface area contributed by atoms with Gasteiger partial charge in [0.05, 0.1) is 0 Å². The van der Waals surface area contributed by atoms with Crippen LogP contribution in [0.5, 0.6) is 11.5 Å². The Balaban J connectivity index is 0.00000312. The van der Waals surface area contributed by atoms with E-state index in [1.165, 1.54) is 11.1 Å². The predicted molar refractivity (Wildman–Crippen MR) is 103 cm³/mol. The quantitative estimate of drug-likeness (QED) is 0.347. The largest absolute Gasteiger partial charge is 0.800 e. The number of rotatable bonds is 9. The zero-order valence-corrected chi connectivity index (χ0v) is 18.2. The van der Waals surface area contributed by atoms with E-state index in [1.54, 1.807) is 0 Å². The van der Waals surface area contributed by atoms with Crippen LogP contribution in [-0.2, 0) is 47.6 Å². The van der Waals surface area contributed by atoms with E-state index in [4.69, 9.17) is 34.7 Å². The van der Waals surface area contributed by atoms with Crippen molar-refractivity contribution >= 4 is 25.3 Å². The molecule has 1 radical (unpaired) electrons. The predicted octanol–water partition coefficient (Wildman–Crippen LogP) is 3.44. The van der Waals surface area contributed by atoms with Crippen LogP contribution in [0, 0.1) is 13.8 Å². The van der Waals surface area contributed by atoms with Crippen molar-refractivity contribution in [2.24, 2.45) is 0 Å². The van der Waals surface area contributed by atoms with Gasteiger partial charge in [-0.2, -0.15) is 0 Å². The Kier molecular flexibility index (Phi) is 10.7. The van der Waals surface area contributed by atoms with Gasteiger partial charge in [-0.15, -0.1) is 0 Å². The average Bonchev–Trinajstić information content (AvgIpc) is 2.56. The minimum absolute atomic E-state index is 0. The van der Waals surface area contributed by atoms with Crippen LogP contribution in [0.3, 0.4) is 0 Å². The van der Waals surface area contributed by atoms with Crippen molar-refractivity contribution in [1.82, 2.24) is 4.90 Å². The maximum Gasteiger partial charge on any atom is 0.119 e. The molecule has 0 aromatic heterocycles. The molecule has 0 saturated carbocycles. The summed E-state index contributed by atoms with van der Waals surface area (Å²) in [6.45, 7) is 6.58. The molecule has 0 N–H and O–H groups in total. The maximum absolute atomic E-state index is 5.74. The molecule has 0 aliphatic carbocycles. The summed E-state index contributed by atoms with van der Waals surface area (Å²) >= 11 is 10.4. The third-order valence-electron chi connectivity index (χ3n) is 3.63. The summed E-state index contributed by atoms with van der Waals surface area (Å²) in [4.78, 5) is 2.01. The summed E-state index contributed by atoms with van der Waals surface area (Å²) < 4.78 is 11.1. The summed E-state index contributed by atoms with van der Waals surface area (Å²) in [6.07, 6.45) is 0. The van der Waals surface area contributed by atoms with Crippen molar-refractivity contribution in [2.75, 3.05) is 26.3 Å². The van der Waals surface area contributed by atoms with E-state index in [0.29, 0.717) is 26.3 Å². The van der Waals surface area contributed by atoms with Crippen LogP contribution in [-0.4, -0.2) is 35.9 Å². The SMILES string of the molecule is Cc1ccc(OCCN(CCOc2ccc(C)cc2)C([S-])[S-])cc1.[Au]. The third kappa shape index (κ3) is 8.58. The molecule has 0 heterocycles. The van der Waals surface area contributed by atoms with Crippen molar-refractivity contribution < 1.29 is 31.9 Å². The monoisotopic (exact) mass is 558 g/mol. The Morgan fingerprint density at radius 3 is 1.44 bits per heavy atom. The molecule has 3 nitrogen and oxygen atoms in total. The molecular weight excluding hydrogens is 535 g/mol. The van der Waals surface area contributed by atoms with Gasteiger partial charge in [0, 0.05) is 35.5 Å². The Morgan fingerprint density at radius 2 is 1.12 bits per heavy atom. The van der Waals surface area contributed by atoms with E-state index < -0.39 is 0 Å². The zero-order chi connectivity index (χ0) is 17.4. The number of hydrogen-bond acceptors (Lipinski definition) is 5. The molecule has 2 aromatic carbocycles. The van der Waals surface area contributed by atoms with E-state index in [1.807, 2.05) is 53.4 Å². The summed E-state index contributed by atoms with van der Waals surface area (Å²) in [7, 11) is 0. The van der Waals surface area contributed by atoms with Crippen LogP contribution < -0.4 is 9.47 Å². The molecule has 141 valence electrons. The van der Waals surface area contributed by atoms with E-state index in [2.05, 4.69) is 13.8 Å². The number of hydrogen-bond donors (Lipinski definition) is 0. The minimum atomic E-state index is -0.367. The van der Waals surface area contributed by atoms with Crippen LogP contribution in [0.15, 0.2) is 48.5 Å². The number of ether oxygens (including phenoxy) is 2. The first kappa shape index (κ1) is 22.5. The van der Waals surface area contributed by atoms with Crippen molar-refractivity contribution in [3.8, 4) is 11.5 Å². The van der Waals surface area contributed by atoms with E-state index in [9.17, 15) is 0 Å². The fourth-order valence-corrected chi connectivity index (χ4v) is 2.57. The van der Waals surface area contributed by atoms with Gasteiger partial charge in [-0.05, 0) is 38.1 Å². The Morgan fingerprint density at radius 1 is 0.760 bits per heavy atom. The van der Waals surface area contributed by atoms with Crippen molar-refractivity contribution in [2.45, 2.75) is 18.6 Å². The molecule has 0 spiro atoms. The van der Waals surface area contributed by atoms with Gasteiger partial charge in [-0.25, -0.2) is 4.71 Å². The molecule has 2 aromatic rings. The maximum atomic E-state index is 5.74. The van der Waals surface area contributed by atoms with Crippen LogP contribution in [0.1, 0.15) is 11.1 Å². The first-order valence-electron chi connectivity index (χ1n) is 7.99. The molecule has 0 aliphatic rings. The molecule has 0 atom stereocenters. The summed E-state index contributed by atoms with van der Waals surface area (Å²) in [5, 5.41) is 0. The second-order valence-corrected chi connectivity index (χ2v) is 6.86. The molecule has 0 unspecified atom stereocenters. The second kappa shape index (κ2) is 11.9. The number of nitrogens with zero attached hydrogens (tertiary/aromatic N) is 1. The molecule has 0 saturated heterocycles. The van der Waals surface area contributed by atoms with Gasteiger partial charge in [0.1, 0.15) is 24.7 Å². The molecule has 0 aliphatic heterocycles. The normalized spacial score (nSPS) is 10.6. The van der Waals surface area contributed by atoms with E-state index >= 15 is 0 Å². The number of aryl methyl sites for hydroxylation is 2. The molecule has 0 amide bonds. The Labute approximate surface area is 177 Å². The molecular formula is C19H23AuNO2S2-2. The van der Waals surface area contributed by atoms with Gasteiger partial charge in [0.25, 0.3) is 0 Å². The summed E-state index contributed by atoms with van der Waals surface area (Å²) in [6, 6.07) is 16.0. The second-order valence-electron chi connectivity index (χ2n) is 5.67. The zero-order valence-electron chi connectivity index (χ0n) is 14.4. The molecule has 0 fully saturated rings. The fraction of sp³-hybridized carbons (Fsp3) is 0.368. The summed E-state index contributed by atoms with van der Waals surface area (Å²) in [5.74, 6) is 1.73. The molecule has 6 heteroatoms. The molecule has 2 rings (SSSR count). The number of benzene rings is 2. The fourth-order valence-electron chi connectivity index (χ4n) is 2.15. The van der Waals surface area contributed by atoms with Crippen LogP contribution in [0.4, 0.5) is 0 Å². The van der Waals surface area contributed by atoms with Crippen molar-refractivity contribution in [3.63, 3.8) is 0 Å². The molecule has 25 heavy (non-hydrogen) atoms. The van der Waals surface area contributed by atoms with E-state index in [0.717, 1.165) is 11.5 Å². The topological polar surface area (TPSA) is 21.7 Å². The van der Waals surface area contributed by atoms with Crippen molar-refractivity contribution in [3.05, 3.63) is 59.7 Å². The standard InChI is InChI=1S/C19H25NO2S2.Au/c1-15-3-7-17(8-4-15)21-13-11-20(19(23)24)12-14-22-18-9-5-16(2)6-10-18;/h3-10,19,23-24H,11-14H2,1-2H3;/p-2. The van der Waals surface area contributed by atoms with E-state index in [-0.39, 0.29) is 27.1 Å². The molecule has 0 bridgehead atoms.